The van der Waals surface area contributed by atoms with E-state index in [4.69, 9.17) is 9.84 Å². The fourth-order valence-electron chi connectivity index (χ4n) is 0.850. The van der Waals surface area contributed by atoms with Gasteiger partial charge in [-0.3, -0.25) is 4.79 Å². The number of aliphatic hydroxyl groups is 1. The van der Waals surface area contributed by atoms with Crippen molar-refractivity contribution in [1.82, 2.24) is 0 Å². The molecule has 3 nitrogen and oxygen atoms in total. The van der Waals surface area contributed by atoms with Crippen molar-refractivity contribution in [2.45, 2.75) is 18.9 Å². The van der Waals surface area contributed by atoms with Gasteiger partial charge in [-0.15, -0.1) is 0 Å². The summed E-state index contributed by atoms with van der Waals surface area (Å²) in [5.41, 5.74) is 0. The molecule has 10 heavy (non-hydrogen) atoms. The van der Waals surface area contributed by atoms with Crippen LogP contribution in [-0.2, 0) is 9.53 Å². The molecule has 0 bridgehead atoms. The number of hydrogen-bond acceptors (Lipinski definition) is 3. The van der Waals surface area contributed by atoms with E-state index in [1.165, 1.54) is 0 Å². The van der Waals surface area contributed by atoms with E-state index in [0.717, 1.165) is 12.8 Å². The molecule has 0 saturated carbocycles. The molecule has 0 aromatic carbocycles. The molecule has 1 N–H and O–H groups in total. The third kappa shape index (κ3) is 1.57. The molecule has 0 aromatic heterocycles. The molecule has 0 amide bonds. The van der Waals surface area contributed by atoms with Gasteiger partial charge in [0, 0.05) is 0 Å². The molecular weight excluding hydrogens is 132 g/mol. The van der Waals surface area contributed by atoms with E-state index in [2.05, 4.69) is 0 Å². The second-order valence-corrected chi connectivity index (χ2v) is 2.18. The lowest BCUT2D eigenvalue weighted by Gasteiger charge is -2.15. The van der Waals surface area contributed by atoms with Crippen LogP contribution < -0.4 is 0 Å². The van der Waals surface area contributed by atoms with E-state index < -0.39 is 6.10 Å². The predicted molar refractivity (Wildman–Crippen MR) is 35.3 cm³/mol. The summed E-state index contributed by atoms with van der Waals surface area (Å²) in [5, 5.41) is 8.92. The number of rotatable bonds is 2. The van der Waals surface area contributed by atoms with Gasteiger partial charge < -0.3 is 9.84 Å². The molecule has 1 rings (SSSR count). The third-order valence-electron chi connectivity index (χ3n) is 1.38. The number of aldehydes is 1. The van der Waals surface area contributed by atoms with Crippen molar-refractivity contribution in [1.29, 1.82) is 0 Å². The Balaban J connectivity index is 2.52. The maximum Gasteiger partial charge on any atom is 0.166 e. The normalized spacial score (nSPS) is 20.7. The van der Waals surface area contributed by atoms with E-state index in [0.29, 0.717) is 18.7 Å². The first-order valence-electron chi connectivity index (χ1n) is 3.31. The maximum atomic E-state index is 10.0. The SMILES string of the molecule is O=CC(O)C1=CCCCO1. The van der Waals surface area contributed by atoms with Gasteiger partial charge in [0.05, 0.1) is 6.61 Å². The quantitative estimate of drug-likeness (QED) is 0.562. The summed E-state index contributed by atoms with van der Waals surface area (Å²) in [6.45, 7) is 0.608. The van der Waals surface area contributed by atoms with Gasteiger partial charge in [-0.2, -0.15) is 0 Å². The maximum absolute atomic E-state index is 10.0. The minimum absolute atomic E-state index is 0.404. The fraction of sp³-hybridized carbons (Fsp3) is 0.571. The van der Waals surface area contributed by atoms with Crippen LogP contribution in [0.25, 0.3) is 0 Å². The molecule has 56 valence electrons. The van der Waals surface area contributed by atoms with Crippen LogP contribution in [0.4, 0.5) is 0 Å². The number of aliphatic hydroxyl groups excluding tert-OH is 1. The average Bonchev–Trinajstić information content (AvgIpc) is 2.05. The van der Waals surface area contributed by atoms with Crippen molar-refractivity contribution in [2.75, 3.05) is 6.61 Å². The van der Waals surface area contributed by atoms with Crippen LogP contribution in [0, 0.1) is 0 Å². The van der Waals surface area contributed by atoms with Crippen LogP contribution >= 0.6 is 0 Å². The highest BCUT2D eigenvalue weighted by molar-refractivity contribution is 5.60. The molecule has 0 spiro atoms. The highest BCUT2D eigenvalue weighted by Gasteiger charge is 2.12. The summed E-state index contributed by atoms with van der Waals surface area (Å²) < 4.78 is 5.01. The van der Waals surface area contributed by atoms with Gasteiger partial charge in [-0.1, -0.05) is 0 Å². The molecule has 1 unspecified atom stereocenters. The minimum atomic E-state index is -1.06. The molecule has 1 aliphatic heterocycles. The summed E-state index contributed by atoms with van der Waals surface area (Å²) in [5.74, 6) is 0.404. The number of ether oxygens (including phenoxy) is 1. The monoisotopic (exact) mass is 142 g/mol. The van der Waals surface area contributed by atoms with Gasteiger partial charge in [-0.05, 0) is 18.9 Å². The first kappa shape index (κ1) is 7.28. The lowest BCUT2D eigenvalue weighted by atomic mass is 10.2. The molecule has 1 atom stereocenters. The van der Waals surface area contributed by atoms with E-state index in [1.807, 2.05) is 0 Å². The smallest absolute Gasteiger partial charge is 0.166 e. The molecule has 1 aliphatic rings. The Morgan fingerprint density at radius 3 is 3.10 bits per heavy atom. The summed E-state index contributed by atoms with van der Waals surface area (Å²) in [6.07, 6.45) is 3.02. The summed E-state index contributed by atoms with van der Waals surface area (Å²) in [6, 6.07) is 0. The van der Waals surface area contributed by atoms with Crippen molar-refractivity contribution < 1.29 is 14.6 Å². The lowest BCUT2D eigenvalue weighted by molar-refractivity contribution is -0.115. The number of hydrogen-bond donors (Lipinski definition) is 1. The molecule has 0 aromatic rings. The Kier molecular flexibility index (Phi) is 2.45. The van der Waals surface area contributed by atoms with Gasteiger partial charge in [0.25, 0.3) is 0 Å². The van der Waals surface area contributed by atoms with Gasteiger partial charge in [0.1, 0.15) is 5.76 Å². The van der Waals surface area contributed by atoms with Crippen molar-refractivity contribution in [3.8, 4) is 0 Å². The number of carbonyl (C=O) groups excluding carboxylic acids is 1. The summed E-state index contributed by atoms with van der Waals surface area (Å²) in [7, 11) is 0. The van der Waals surface area contributed by atoms with Gasteiger partial charge in [0.15, 0.2) is 12.4 Å². The Morgan fingerprint density at radius 2 is 2.60 bits per heavy atom. The zero-order chi connectivity index (χ0) is 7.40. The first-order valence-corrected chi connectivity index (χ1v) is 3.31. The second-order valence-electron chi connectivity index (χ2n) is 2.18. The van der Waals surface area contributed by atoms with Gasteiger partial charge in [0.2, 0.25) is 0 Å². The molecule has 1 heterocycles. The van der Waals surface area contributed by atoms with Crippen LogP contribution in [0.5, 0.6) is 0 Å². The van der Waals surface area contributed by atoms with Crippen LogP contribution in [0.1, 0.15) is 12.8 Å². The molecule has 0 radical (unpaired) electrons. The number of carbonyl (C=O) groups is 1. The van der Waals surface area contributed by atoms with Gasteiger partial charge in [-0.25, -0.2) is 0 Å². The van der Waals surface area contributed by atoms with Crippen molar-refractivity contribution in [2.24, 2.45) is 0 Å². The standard InChI is InChI=1S/C7H10O3/c8-5-6(9)7-3-1-2-4-10-7/h3,5-6,9H,1-2,4H2. The minimum Gasteiger partial charge on any atom is -0.495 e. The van der Waals surface area contributed by atoms with Crippen LogP contribution in [0.15, 0.2) is 11.8 Å². The van der Waals surface area contributed by atoms with E-state index in [-0.39, 0.29) is 0 Å². The molecule has 0 saturated heterocycles. The first-order chi connectivity index (χ1) is 4.84. The highest BCUT2D eigenvalue weighted by Crippen LogP contribution is 2.11. The molecular formula is C7H10O3. The summed E-state index contributed by atoms with van der Waals surface area (Å²) in [4.78, 5) is 10.0. The Morgan fingerprint density at radius 1 is 1.80 bits per heavy atom. The van der Waals surface area contributed by atoms with Crippen molar-refractivity contribution in [3.05, 3.63) is 11.8 Å². The Labute approximate surface area is 59.3 Å². The zero-order valence-corrected chi connectivity index (χ0v) is 5.62. The zero-order valence-electron chi connectivity index (χ0n) is 5.62. The molecule has 3 heteroatoms. The van der Waals surface area contributed by atoms with Crippen molar-refractivity contribution in [3.63, 3.8) is 0 Å². The highest BCUT2D eigenvalue weighted by atomic mass is 16.5. The third-order valence-corrected chi connectivity index (χ3v) is 1.38. The largest absolute Gasteiger partial charge is 0.495 e. The van der Waals surface area contributed by atoms with E-state index >= 15 is 0 Å². The lowest BCUT2D eigenvalue weighted by Crippen LogP contribution is -2.17. The van der Waals surface area contributed by atoms with Crippen molar-refractivity contribution >= 4 is 6.29 Å². The molecule has 0 fully saturated rings. The van der Waals surface area contributed by atoms with Gasteiger partial charge >= 0.3 is 0 Å². The Hall–Kier alpha value is -0.830. The Bertz CT molecular complexity index is 151. The predicted octanol–water partition coefficient (Wildman–Crippen LogP) is 0.240. The number of allylic oxidation sites excluding steroid dienone is 1. The van der Waals surface area contributed by atoms with Crippen LogP contribution in [0.2, 0.25) is 0 Å². The summed E-state index contributed by atoms with van der Waals surface area (Å²) >= 11 is 0. The van der Waals surface area contributed by atoms with E-state index in [9.17, 15) is 4.79 Å². The average molecular weight is 142 g/mol. The second kappa shape index (κ2) is 3.37. The fourth-order valence-corrected chi connectivity index (χ4v) is 0.850. The van der Waals surface area contributed by atoms with Crippen LogP contribution in [-0.4, -0.2) is 24.1 Å². The molecule has 0 aliphatic carbocycles. The van der Waals surface area contributed by atoms with E-state index in [1.54, 1.807) is 6.08 Å². The topological polar surface area (TPSA) is 46.5 Å². The van der Waals surface area contributed by atoms with Crippen LogP contribution in [0.3, 0.4) is 0 Å².